The van der Waals surface area contributed by atoms with Gasteiger partial charge >= 0.3 is 0 Å². The minimum Gasteiger partial charge on any atom is -0.397 e. The molecular weight excluding hydrogens is 224 g/mol. The molecule has 0 radical (unpaired) electrons. The molecule has 0 unspecified atom stereocenters. The van der Waals surface area contributed by atoms with Gasteiger partial charge in [-0.1, -0.05) is 31.2 Å². The lowest BCUT2D eigenvalue weighted by atomic mass is 10.0. The molecule has 1 heterocycles. The SMILES string of the molecule is CCc1ccc(CC(=O)c2ccc(N)cn2)cc1. The van der Waals surface area contributed by atoms with Crippen LogP contribution >= 0.6 is 0 Å². The van der Waals surface area contributed by atoms with Gasteiger partial charge in [0, 0.05) is 6.42 Å². The highest BCUT2D eigenvalue weighted by Crippen LogP contribution is 2.09. The Morgan fingerprint density at radius 1 is 1.11 bits per heavy atom. The summed E-state index contributed by atoms with van der Waals surface area (Å²) < 4.78 is 0. The van der Waals surface area contributed by atoms with Crippen molar-refractivity contribution in [2.75, 3.05) is 5.73 Å². The summed E-state index contributed by atoms with van der Waals surface area (Å²) >= 11 is 0. The molecule has 2 rings (SSSR count). The monoisotopic (exact) mass is 240 g/mol. The number of nitrogens with two attached hydrogens (primary N) is 1. The molecular formula is C15H16N2O. The average molecular weight is 240 g/mol. The van der Waals surface area contributed by atoms with Crippen LogP contribution in [0.1, 0.15) is 28.5 Å². The third-order valence-corrected chi connectivity index (χ3v) is 2.87. The van der Waals surface area contributed by atoms with E-state index in [1.165, 1.54) is 11.8 Å². The first kappa shape index (κ1) is 12.3. The van der Waals surface area contributed by atoms with Crippen molar-refractivity contribution in [1.82, 2.24) is 4.98 Å². The molecule has 0 aliphatic rings. The molecule has 2 N–H and O–H groups in total. The highest BCUT2D eigenvalue weighted by atomic mass is 16.1. The molecule has 0 atom stereocenters. The number of nitrogens with zero attached hydrogens (tertiary/aromatic N) is 1. The molecule has 92 valence electrons. The average Bonchev–Trinajstić information content (AvgIpc) is 2.40. The Hall–Kier alpha value is -2.16. The third-order valence-electron chi connectivity index (χ3n) is 2.87. The van der Waals surface area contributed by atoms with Crippen molar-refractivity contribution in [3.8, 4) is 0 Å². The van der Waals surface area contributed by atoms with Gasteiger partial charge in [0.1, 0.15) is 5.69 Å². The topological polar surface area (TPSA) is 56.0 Å². The molecule has 0 saturated carbocycles. The van der Waals surface area contributed by atoms with Crippen molar-refractivity contribution >= 4 is 11.5 Å². The van der Waals surface area contributed by atoms with Crippen molar-refractivity contribution < 1.29 is 4.79 Å². The Morgan fingerprint density at radius 2 is 1.78 bits per heavy atom. The second-order valence-electron chi connectivity index (χ2n) is 4.25. The fourth-order valence-electron chi connectivity index (χ4n) is 1.74. The Kier molecular flexibility index (Phi) is 3.72. The van der Waals surface area contributed by atoms with Gasteiger partial charge < -0.3 is 5.73 Å². The summed E-state index contributed by atoms with van der Waals surface area (Å²) in [6.45, 7) is 2.11. The second-order valence-corrected chi connectivity index (χ2v) is 4.25. The van der Waals surface area contributed by atoms with E-state index in [-0.39, 0.29) is 5.78 Å². The van der Waals surface area contributed by atoms with Crippen molar-refractivity contribution in [3.05, 3.63) is 59.4 Å². The molecule has 0 spiro atoms. The van der Waals surface area contributed by atoms with Crippen LogP contribution in [0.4, 0.5) is 5.69 Å². The maximum absolute atomic E-state index is 12.0. The fraction of sp³-hybridized carbons (Fsp3) is 0.200. The number of carbonyl (C=O) groups is 1. The van der Waals surface area contributed by atoms with Crippen LogP contribution in [0.15, 0.2) is 42.6 Å². The molecule has 3 heteroatoms. The minimum atomic E-state index is 0.0132. The number of hydrogen-bond donors (Lipinski definition) is 1. The van der Waals surface area contributed by atoms with Gasteiger partial charge in [0.2, 0.25) is 0 Å². The summed E-state index contributed by atoms with van der Waals surface area (Å²) in [7, 11) is 0. The normalized spacial score (nSPS) is 10.3. The van der Waals surface area contributed by atoms with Gasteiger partial charge in [0.05, 0.1) is 11.9 Å². The maximum Gasteiger partial charge on any atom is 0.185 e. The lowest BCUT2D eigenvalue weighted by Crippen LogP contribution is -2.06. The zero-order valence-corrected chi connectivity index (χ0v) is 10.4. The van der Waals surface area contributed by atoms with Crippen molar-refractivity contribution in [2.24, 2.45) is 0 Å². The van der Waals surface area contributed by atoms with E-state index in [4.69, 9.17) is 5.73 Å². The molecule has 1 aromatic heterocycles. The molecule has 2 aromatic rings. The van der Waals surface area contributed by atoms with E-state index < -0.39 is 0 Å². The van der Waals surface area contributed by atoms with Crippen LogP contribution in [0, 0.1) is 0 Å². The first-order chi connectivity index (χ1) is 8.69. The Morgan fingerprint density at radius 3 is 2.33 bits per heavy atom. The Balaban J connectivity index is 2.08. The van der Waals surface area contributed by atoms with Crippen LogP contribution in [0.2, 0.25) is 0 Å². The predicted molar refractivity (Wildman–Crippen MR) is 72.5 cm³/mol. The summed E-state index contributed by atoms with van der Waals surface area (Å²) in [4.78, 5) is 16.0. The summed E-state index contributed by atoms with van der Waals surface area (Å²) in [5.41, 5.74) is 8.85. The third kappa shape index (κ3) is 2.94. The number of Topliss-reactive ketones (excluding diaryl/α,β-unsaturated/α-hetero) is 1. The number of benzene rings is 1. The zero-order chi connectivity index (χ0) is 13.0. The highest BCUT2D eigenvalue weighted by molar-refractivity contribution is 5.95. The second kappa shape index (κ2) is 5.45. The van der Waals surface area contributed by atoms with Crippen molar-refractivity contribution in [3.63, 3.8) is 0 Å². The lowest BCUT2D eigenvalue weighted by molar-refractivity contribution is 0.0988. The number of pyridine rings is 1. The van der Waals surface area contributed by atoms with Crippen LogP contribution in [0.5, 0.6) is 0 Å². The number of carbonyl (C=O) groups excluding carboxylic acids is 1. The summed E-state index contributed by atoms with van der Waals surface area (Å²) in [5.74, 6) is 0.0132. The van der Waals surface area contributed by atoms with E-state index in [0.717, 1.165) is 12.0 Å². The minimum absolute atomic E-state index is 0.0132. The predicted octanol–water partition coefficient (Wildman–Crippen LogP) is 2.65. The van der Waals surface area contributed by atoms with E-state index in [1.54, 1.807) is 12.1 Å². The molecule has 18 heavy (non-hydrogen) atoms. The maximum atomic E-state index is 12.0. The highest BCUT2D eigenvalue weighted by Gasteiger charge is 2.08. The number of nitrogen functional groups attached to an aromatic ring is 1. The number of aromatic nitrogens is 1. The van der Waals surface area contributed by atoms with E-state index in [2.05, 4.69) is 24.0 Å². The van der Waals surface area contributed by atoms with E-state index in [9.17, 15) is 4.79 Å². The van der Waals surface area contributed by atoms with Gasteiger partial charge in [0.25, 0.3) is 0 Å². The lowest BCUT2D eigenvalue weighted by Gasteiger charge is -2.03. The standard InChI is InChI=1S/C15H16N2O/c1-2-11-3-5-12(6-4-11)9-15(18)14-8-7-13(16)10-17-14/h3-8,10H,2,9,16H2,1H3. The molecule has 1 aromatic carbocycles. The van der Waals surface area contributed by atoms with Crippen LogP contribution in [0.3, 0.4) is 0 Å². The van der Waals surface area contributed by atoms with Gasteiger partial charge in [0.15, 0.2) is 5.78 Å². The molecule has 0 fully saturated rings. The Bertz CT molecular complexity index is 529. The Labute approximate surface area is 107 Å². The largest absolute Gasteiger partial charge is 0.397 e. The van der Waals surface area contributed by atoms with Gasteiger partial charge in [-0.25, -0.2) is 0 Å². The van der Waals surface area contributed by atoms with Crippen molar-refractivity contribution in [1.29, 1.82) is 0 Å². The van der Waals surface area contributed by atoms with E-state index >= 15 is 0 Å². The number of rotatable bonds is 4. The van der Waals surface area contributed by atoms with E-state index in [1.807, 2.05) is 12.1 Å². The van der Waals surface area contributed by atoms with Crippen LogP contribution < -0.4 is 5.73 Å². The first-order valence-electron chi connectivity index (χ1n) is 6.01. The van der Waals surface area contributed by atoms with Crippen molar-refractivity contribution in [2.45, 2.75) is 19.8 Å². The first-order valence-corrected chi connectivity index (χ1v) is 6.01. The van der Waals surface area contributed by atoms with Gasteiger partial charge in [-0.3, -0.25) is 9.78 Å². The molecule has 0 amide bonds. The van der Waals surface area contributed by atoms with Gasteiger partial charge in [-0.05, 0) is 29.7 Å². The molecule has 0 bridgehead atoms. The number of ketones is 1. The number of anilines is 1. The number of hydrogen-bond acceptors (Lipinski definition) is 3. The molecule has 0 aliphatic heterocycles. The quantitative estimate of drug-likeness (QED) is 0.836. The number of aryl methyl sites for hydroxylation is 1. The van der Waals surface area contributed by atoms with Gasteiger partial charge in [-0.2, -0.15) is 0 Å². The van der Waals surface area contributed by atoms with Crippen LogP contribution in [-0.4, -0.2) is 10.8 Å². The zero-order valence-electron chi connectivity index (χ0n) is 10.4. The summed E-state index contributed by atoms with van der Waals surface area (Å²) in [6, 6.07) is 11.5. The molecule has 0 aliphatic carbocycles. The summed E-state index contributed by atoms with van der Waals surface area (Å²) in [6.07, 6.45) is 2.89. The molecule has 3 nitrogen and oxygen atoms in total. The molecule has 0 saturated heterocycles. The van der Waals surface area contributed by atoms with Crippen LogP contribution in [0.25, 0.3) is 0 Å². The summed E-state index contributed by atoms with van der Waals surface area (Å²) in [5, 5.41) is 0. The van der Waals surface area contributed by atoms with Gasteiger partial charge in [-0.15, -0.1) is 0 Å². The van der Waals surface area contributed by atoms with E-state index in [0.29, 0.717) is 17.8 Å². The van der Waals surface area contributed by atoms with Crippen LogP contribution in [-0.2, 0) is 12.8 Å². The smallest absolute Gasteiger partial charge is 0.185 e. The fourth-order valence-corrected chi connectivity index (χ4v) is 1.74.